The predicted molar refractivity (Wildman–Crippen MR) is 126 cm³/mol. The fraction of sp³-hybridized carbons (Fsp3) is 0.217. The van der Waals surface area contributed by atoms with E-state index in [0.29, 0.717) is 18.2 Å². The van der Waals surface area contributed by atoms with Crippen molar-refractivity contribution in [1.82, 2.24) is 19.6 Å². The summed E-state index contributed by atoms with van der Waals surface area (Å²) in [6, 6.07) is 16.6. The van der Waals surface area contributed by atoms with Crippen LogP contribution in [0.2, 0.25) is 0 Å². The first-order valence-electron chi connectivity index (χ1n) is 10.3. The Morgan fingerprint density at radius 1 is 1.12 bits per heavy atom. The third-order valence-corrected chi connectivity index (χ3v) is 5.78. The maximum Gasteiger partial charge on any atom is 0.295 e. The van der Waals surface area contributed by atoms with E-state index in [1.165, 1.54) is 4.68 Å². The Hall–Kier alpha value is -3.79. The SMILES string of the molecule is CCOc1ccc(-c2nnc(SCC(=O)Nc3c(C)n(C)n(-c4ccccc4)c3=O)o2)cc1. The van der Waals surface area contributed by atoms with Gasteiger partial charge in [-0.2, -0.15) is 0 Å². The van der Waals surface area contributed by atoms with Gasteiger partial charge in [-0.1, -0.05) is 30.0 Å². The van der Waals surface area contributed by atoms with Crippen LogP contribution in [0.15, 0.2) is 69.0 Å². The largest absolute Gasteiger partial charge is 0.494 e. The Morgan fingerprint density at radius 2 is 1.85 bits per heavy atom. The number of para-hydroxylation sites is 1. The highest BCUT2D eigenvalue weighted by molar-refractivity contribution is 7.99. The number of ether oxygens (including phenoxy) is 1. The van der Waals surface area contributed by atoms with E-state index in [0.717, 1.165) is 28.8 Å². The minimum Gasteiger partial charge on any atom is -0.494 e. The molecule has 170 valence electrons. The smallest absolute Gasteiger partial charge is 0.295 e. The fourth-order valence-corrected chi connectivity index (χ4v) is 3.82. The van der Waals surface area contributed by atoms with Crippen LogP contribution in [0.3, 0.4) is 0 Å². The molecule has 0 atom stereocenters. The maximum atomic E-state index is 12.9. The molecule has 0 aliphatic heterocycles. The Labute approximate surface area is 194 Å². The molecule has 0 aliphatic rings. The molecule has 0 radical (unpaired) electrons. The number of aromatic nitrogens is 4. The number of hydrogen-bond donors (Lipinski definition) is 1. The van der Waals surface area contributed by atoms with Crippen LogP contribution in [0.4, 0.5) is 5.69 Å². The normalized spacial score (nSPS) is 10.9. The van der Waals surface area contributed by atoms with Crippen LogP contribution in [0.5, 0.6) is 5.75 Å². The van der Waals surface area contributed by atoms with E-state index in [9.17, 15) is 9.59 Å². The van der Waals surface area contributed by atoms with Gasteiger partial charge in [0.05, 0.1) is 23.7 Å². The van der Waals surface area contributed by atoms with E-state index >= 15 is 0 Å². The molecule has 0 saturated carbocycles. The molecule has 0 aliphatic carbocycles. The zero-order valence-electron chi connectivity index (χ0n) is 18.4. The molecule has 10 heteroatoms. The van der Waals surface area contributed by atoms with E-state index in [1.807, 2.05) is 61.5 Å². The van der Waals surface area contributed by atoms with Gasteiger partial charge in [0.15, 0.2) is 0 Å². The first kappa shape index (κ1) is 22.4. The third-order valence-electron chi connectivity index (χ3n) is 4.96. The molecular weight excluding hydrogens is 442 g/mol. The summed E-state index contributed by atoms with van der Waals surface area (Å²) in [6.07, 6.45) is 0. The molecule has 4 rings (SSSR count). The molecule has 0 saturated heterocycles. The van der Waals surface area contributed by atoms with Gasteiger partial charge in [0.2, 0.25) is 11.8 Å². The van der Waals surface area contributed by atoms with Crippen LogP contribution in [0.25, 0.3) is 17.1 Å². The van der Waals surface area contributed by atoms with Crippen molar-refractivity contribution >= 4 is 23.4 Å². The second-order valence-corrected chi connectivity index (χ2v) is 8.03. The Kier molecular flexibility index (Phi) is 6.64. The second-order valence-electron chi connectivity index (χ2n) is 7.10. The molecule has 0 fully saturated rings. The summed E-state index contributed by atoms with van der Waals surface area (Å²) >= 11 is 1.10. The monoisotopic (exact) mass is 465 g/mol. The van der Waals surface area contributed by atoms with Gasteiger partial charge in [0.25, 0.3) is 10.8 Å². The highest BCUT2D eigenvalue weighted by Crippen LogP contribution is 2.25. The number of anilines is 1. The lowest BCUT2D eigenvalue weighted by Gasteiger charge is -2.07. The molecule has 4 aromatic rings. The van der Waals surface area contributed by atoms with Crippen LogP contribution in [0.1, 0.15) is 12.6 Å². The lowest BCUT2D eigenvalue weighted by atomic mass is 10.2. The van der Waals surface area contributed by atoms with Crippen molar-refractivity contribution in [2.75, 3.05) is 17.7 Å². The number of carbonyl (C=O) groups is 1. The van der Waals surface area contributed by atoms with Gasteiger partial charge in [-0.25, -0.2) is 4.68 Å². The van der Waals surface area contributed by atoms with Crippen LogP contribution >= 0.6 is 11.8 Å². The molecular formula is C23H23N5O4S. The average Bonchev–Trinajstić information content (AvgIpc) is 3.38. The van der Waals surface area contributed by atoms with Gasteiger partial charge in [0.1, 0.15) is 11.4 Å². The van der Waals surface area contributed by atoms with Gasteiger partial charge < -0.3 is 14.5 Å². The van der Waals surface area contributed by atoms with E-state index < -0.39 is 0 Å². The quantitative estimate of drug-likeness (QED) is 0.396. The van der Waals surface area contributed by atoms with Crippen LogP contribution in [-0.2, 0) is 11.8 Å². The number of nitrogens with zero attached hydrogens (tertiary/aromatic N) is 4. The van der Waals surface area contributed by atoms with E-state index in [4.69, 9.17) is 9.15 Å². The number of nitrogens with one attached hydrogen (secondary N) is 1. The minimum atomic E-state index is -0.341. The summed E-state index contributed by atoms with van der Waals surface area (Å²) in [5.41, 5.74) is 2.07. The standard InChI is InChI=1S/C23H23N5O4S/c1-4-31-18-12-10-16(11-13-18)21-25-26-23(32-21)33-14-19(29)24-20-15(2)27(3)28(22(20)30)17-8-6-5-7-9-17/h5-13H,4,14H2,1-3H3,(H,24,29). The molecule has 2 aromatic heterocycles. The maximum absolute atomic E-state index is 12.9. The van der Waals surface area contributed by atoms with Crippen LogP contribution < -0.4 is 15.6 Å². The third kappa shape index (κ3) is 4.85. The molecule has 0 unspecified atom stereocenters. The molecule has 1 amide bonds. The fourth-order valence-electron chi connectivity index (χ4n) is 3.26. The van der Waals surface area contributed by atoms with E-state index in [1.54, 1.807) is 18.7 Å². The van der Waals surface area contributed by atoms with Crippen molar-refractivity contribution in [3.05, 3.63) is 70.6 Å². The van der Waals surface area contributed by atoms with Crippen molar-refractivity contribution in [2.24, 2.45) is 7.05 Å². The lowest BCUT2D eigenvalue weighted by Crippen LogP contribution is -2.23. The number of hydrogen-bond acceptors (Lipinski definition) is 7. The van der Waals surface area contributed by atoms with Gasteiger partial charge in [-0.3, -0.25) is 14.3 Å². The minimum absolute atomic E-state index is 0.0179. The molecule has 0 bridgehead atoms. The van der Waals surface area contributed by atoms with Crippen molar-refractivity contribution < 1.29 is 13.9 Å². The van der Waals surface area contributed by atoms with Gasteiger partial charge >= 0.3 is 0 Å². The van der Waals surface area contributed by atoms with Crippen LogP contribution in [-0.4, -0.2) is 37.8 Å². The van der Waals surface area contributed by atoms with Crippen molar-refractivity contribution in [2.45, 2.75) is 19.1 Å². The Morgan fingerprint density at radius 3 is 2.55 bits per heavy atom. The van der Waals surface area contributed by atoms with Crippen molar-refractivity contribution in [1.29, 1.82) is 0 Å². The first-order valence-corrected chi connectivity index (χ1v) is 11.3. The number of rotatable bonds is 8. The van der Waals surface area contributed by atoms with Gasteiger partial charge in [0, 0.05) is 12.6 Å². The number of amides is 1. The lowest BCUT2D eigenvalue weighted by molar-refractivity contribution is -0.113. The number of thioether (sulfide) groups is 1. The second kappa shape index (κ2) is 9.78. The van der Waals surface area contributed by atoms with Crippen LogP contribution in [0, 0.1) is 6.92 Å². The predicted octanol–water partition coefficient (Wildman–Crippen LogP) is 3.66. The summed E-state index contributed by atoms with van der Waals surface area (Å²) < 4.78 is 14.3. The zero-order valence-corrected chi connectivity index (χ0v) is 19.3. The summed E-state index contributed by atoms with van der Waals surface area (Å²) in [5.74, 6) is 0.788. The Bertz CT molecular complexity index is 1310. The number of carbonyl (C=O) groups excluding carboxylic acids is 1. The first-order chi connectivity index (χ1) is 16.0. The molecule has 1 N–H and O–H groups in total. The molecule has 2 aromatic carbocycles. The average molecular weight is 466 g/mol. The topological polar surface area (TPSA) is 104 Å². The summed E-state index contributed by atoms with van der Waals surface area (Å²) in [6.45, 7) is 4.29. The summed E-state index contributed by atoms with van der Waals surface area (Å²) in [5, 5.41) is 11.0. The molecule has 9 nitrogen and oxygen atoms in total. The molecule has 2 heterocycles. The summed E-state index contributed by atoms with van der Waals surface area (Å²) in [4.78, 5) is 25.4. The summed E-state index contributed by atoms with van der Waals surface area (Å²) in [7, 11) is 1.77. The van der Waals surface area contributed by atoms with Gasteiger partial charge in [-0.15, -0.1) is 10.2 Å². The van der Waals surface area contributed by atoms with E-state index in [2.05, 4.69) is 15.5 Å². The highest BCUT2D eigenvalue weighted by atomic mass is 32.2. The molecule has 33 heavy (non-hydrogen) atoms. The Balaban J connectivity index is 1.41. The van der Waals surface area contributed by atoms with Crippen molar-refractivity contribution in [3.8, 4) is 22.9 Å². The zero-order chi connectivity index (χ0) is 23.4. The number of benzene rings is 2. The van der Waals surface area contributed by atoms with E-state index in [-0.39, 0.29) is 28.1 Å². The van der Waals surface area contributed by atoms with Gasteiger partial charge in [-0.05, 0) is 50.2 Å². The van der Waals surface area contributed by atoms with Crippen molar-refractivity contribution in [3.63, 3.8) is 0 Å². The molecule has 0 spiro atoms. The highest BCUT2D eigenvalue weighted by Gasteiger charge is 2.19.